The number of hydrazine groups is 1. The minimum Gasteiger partial charge on any atom is -0.246 e. The zero-order valence-corrected chi connectivity index (χ0v) is 30.0. The molecule has 0 bridgehead atoms. The van der Waals surface area contributed by atoms with E-state index in [2.05, 4.69) is 183 Å². The first kappa shape index (κ1) is 30.2. The van der Waals surface area contributed by atoms with E-state index in [4.69, 9.17) is 9.97 Å². The van der Waals surface area contributed by atoms with Crippen LogP contribution in [-0.4, -0.2) is 25.7 Å². The van der Waals surface area contributed by atoms with Gasteiger partial charge < -0.3 is 0 Å². The van der Waals surface area contributed by atoms with E-state index >= 15 is 0 Å². The first-order chi connectivity index (χ1) is 26.2. The molecule has 4 nitrogen and oxygen atoms in total. The molecule has 0 amide bonds. The van der Waals surface area contributed by atoms with Crippen molar-refractivity contribution in [3.05, 3.63) is 158 Å². The lowest BCUT2D eigenvalue weighted by Gasteiger charge is -2.44. The fourth-order valence-electron chi connectivity index (χ4n) is 8.43. The molecular weight excluding hydrogens is 662 g/mol. The number of para-hydroxylation sites is 2. The predicted octanol–water partition coefficient (Wildman–Crippen LogP) is 9.36. The van der Waals surface area contributed by atoms with E-state index in [-0.39, 0.29) is 0 Å². The molecule has 0 radical (unpaired) electrons. The molecule has 0 aliphatic carbocycles. The average Bonchev–Trinajstić information content (AvgIpc) is 3.60. The Morgan fingerprint density at radius 1 is 0.472 bits per heavy atom. The number of hydrogen-bond donors (Lipinski definition) is 0. The molecule has 1 aliphatic heterocycles. The lowest BCUT2D eigenvalue weighted by atomic mass is 9.86. The van der Waals surface area contributed by atoms with Crippen LogP contribution in [0.1, 0.15) is 0 Å². The largest absolute Gasteiger partial charge is 0.251 e. The number of thiophene rings is 1. The molecule has 7 heteroatoms. The Morgan fingerprint density at radius 3 is 1.96 bits per heavy atom. The van der Waals surface area contributed by atoms with Crippen molar-refractivity contribution in [1.82, 2.24) is 9.97 Å². The van der Waals surface area contributed by atoms with Gasteiger partial charge in [0.1, 0.15) is 15.7 Å². The molecule has 0 saturated heterocycles. The second-order valence-corrected chi connectivity index (χ2v) is 14.9. The van der Waals surface area contributed by atoms with Crippen molar-refractivity contribution in [2.24, 2.45) is 0 Å². The highest BCUT2D eigenvalue weighted by atomic mass is 32.1. The van der Waals surface area contributed by atoms with Crippen LogP contribution < -0.4 is 20.9 Å². The maximum atomic E-state index is 5.61. The minimum atomic E-state index is 0.624. The van der Waals surface area contributed by atoms with Gasteiger partial charge in [0.15, 0.2) is 0 Å². The Kier molecular flexibility index (Phi) is 6.58. The summed E-state index contributed by atoms with van der Waals surface area (Å²) in [6.45, 7) is 0. The zero-order valence-electron chi connectivity index (χ0n) is 29.2. The zero-order chi connectivity index (χ0) is 35.2. The van der Waals surface area contributed by atoms with Crippen molar-refractivity contribution in [3.8, 4) is 22.4 Å². The summed E-state index contributed by atoms with van der Waals surface area (Å²) in [7, 11) is 4.36. The van der Waals surface area contributed by atoms with Gasteiger partial charge in [0.25, 0.3) is 5.95 Å². The number of benzene rings is 8. The monoisotopic (exact) mass is 692 g/mol. The Morgan fingerprint density at radius 2 is 1.13 bits per heavy atom. The molecule has 0 unspecified atom stereocenters. The van der Waals surface area contributed by atoms with Crippen LogP contribution in [0.2, 0.25) is 0 Å². The van der Waals surface area contributed by atoms with Gasteiger partial charge in [-0.25, -0.2) is 20.0 Å². The summed E-state index contributed by atoms with van der Waals surface area (Å²) < 4.78 is 2.47. The van der Waals surface area contributed by atoms with Crippen LogP contribution in [0, 0.1) is 0 Å². The molecule has 8 aromatic carbocycles. The highest BCUT2D eigenvalue weighted by Crippen LogP contribution is 2.58. The first-order valence-electron chi connectivity index (χ1n) is 18.0. The van der Waals surface area contributed by atoms with Crippen LogP contribution in [0.5, 0.6) is 0 Å². The minimum absolute atomic E-state index is 0.624. The normalized spacial score (nSPS) is 12.6. The van der Waals surface area contributed by atoms with E-state index in [9.17, 15) is 0 Å². The molecule has 3 heterocycles. The van der Waals surface area contributed by atoms with Crippen LogP contribution in [0.25, 0.3) is 75.0 Å². The third kappa shape index (κ3) is 4.38. The third-order valence-electron chi connectivity index (χ3n) is 10.8. The molecule has 2 aromatic heterocycles. The predicted molar refractivity (Wildman–Crippen MR) is 232 cm³/mol. The molecule has 10 aromatic rings. The first-order valence-corrected chi connectivity index (χ1v) is 18.8. The number of aromatic nitrogens is 2. The topological polar surface area (TPSA) is 32.3 Å². The maximum absolute atomic E-state index is 5.61. The van der Waals surface area contributed by atoms with Gasteiger partial charge in [0, 0.05) is 32.0 Å². The van der Waals surface area contributed by atoms with Gasteiger partial charge in [0.05, 0.1) is 33.0 Å². The van der Waals surface area contributed by atoms with E-state index in [1.807, 2.05) is 11.3 Å². The van der Waals surface area contributed by atoms with Crippen molar-refractivity contribution in [3.63, 3.8) is 0 Å². The quantitative estimate of drug-likeness (QED) is 0.173. The third-order valence-corrected chi connectivity index (χ3v) is 12.0. The van der Waals surface area contributed by atoms with E-state index in [1.54, 1.807) is 0 Å². The fraction of sp³-hybridized carbons (Fsp3) is 0. The smallest absolute Gasteiger partial charge is 0.246 e. The molecule has 1 aliphatic rings. The molecule has 0 atom stereocenters. The summed E-state index contributed by atoms with van der Waals surface area (Å²) in [5, 5.41) is 13.1. The molecular formula is C46H30B2N4S. The van der Waals surface area contributed by atoms with Gasteiger partial charge in [-0.2, -0.15) is 0 Å². The van der Waals surface area contributed by atoms with Gasteiger partial charge in [-0.05, 0) is 51.4 Å². The van der Waals surface area contributed by atoms with Gasteiger partial charge in [-0.1, -0.05) is 144 Å². The van der Waals surface area contributed by atoms with Crippen molar-refractivity contribution in [2.45, 2.75) is 0 Å². The summed E-state index contributed by atoms with van der Waals surface area (Å²) in [4.78, 5) is 11.1. The van der Waals surface area contributed by atoms with E-state index in [0.717, 1.165) is 44.7 Å². The van der Waals surface area contributed by atoms with Crippen molar-refractivity contribution < 1.29 is 0 Å². The SMILES string of the molecule is Bc1ccccc1-c1nc(N2c3c(c4ccccc4c4c3sc3ccccc34)-c3c(ccc4ccccc34)N2c2ccccc2B)nc2ccccc12. The summed E-state index contributed by atoms with van der Waals surface area (Å²) >= 11 is 1.85. The Labute approximate surface area is 312 Å². The maximum Gasteiger partial charge on any atom is 0.251 e. The van der Waals surface area contributed by atoms with Crippen molar-refractivity contribution in [1.29, 1.82) is 0 Å². The Bertz CT molecular complexity index is 3140. The second-order valence-electron chi connectivity index (χ2n) is 13.9. The number of fused-ring (bicyclic) bond motifs is 13. The summed E-state index contributed by atoms with van der Waals surface area (Å²) in [5.41, 5.74) is 10.9. The number of nitrogens with zero attached hydrogens (tertiary/aromatic N) is 4. The highest BCUT2D eigenvalue weighted by Gasteiger charge is 2.38. The van der Waals surface area contributed by atoms with Crippen molar-refractivity contribution >= 4 is 114 Å². The van der Waals surface area contributed by atoms with E-state index in [1.165, 1.54) is 58.3 Å². The lowest BCUT2D eigenvalue weighted by Crippen LogP contribution is -2.42. The van der Waals surface area contributed by atoms with E-state index in [0.29, 0.717) is 5.95 Å². The standard InChI is InChI=1S/C46H30B2N4S/c47-34-20-8-5-17-31(34)43-32-18-6-10-22-36(32)49-46(50-43)52-44-42(30-16-4-3-15-29(30)40-33-19-7-12-24-39(33)53-45(40)44)41-28-14-2-1-13-27(28)25-26-38(41)51(52)37-23-11-9-21-35(37)48/h1-26H,47-48H2. The Balaban J connectivity index is 1.38. The van der Waals surface area contributed by atoms with Gasteiger partial charge in [-0.3, -0.25) is 0 Å². The molecule has 0 spiro atoms. The highest BCUT2D eigenvalue weighted by molar-refractivity contribution is 7.26. The van der Waals surface area contributed by atoms with Crippen LogP contribution in [0.15, 0.2) is 158 Å². The van der Waals surface area contributed by atoms with Crippen molar-refractivity contribution in [2.75, 3.05) is 10.0 Å². The van der Waals surface area contributed by atoms with Gasteiger partial charge >= 0.3 is 0 Å². The second kappa shape index (κ2) is 11.5. The molecule has 246 valence electrons. The average molecular weight is 692 g/mol. The van der Waals surface area contributed by atoms with Gasteiger partial charge in [-0.15, -0.1) is 11.3 Å². The molecule has 0 N–H and O–H groups in total. The molecule has 0 saturated carbocycles. The lowest BCUT2D eigenvalue weighted by molar-refractivity contribution is 0.936. The van der Waals surface area contributed by atoms with Crippen LogP contribution in [0.3, 0.4) is 0 Å². The molecule has 11 rings (SSSR count). The number of rotatable bonds is 3. The molecule has 53 heavy (non-hydrogen) atoms. The van der Waals surface area contributed by atoms with Crippen LogP contribution >= 0.6 is 11.3 Å². The Hall–Kier alpha value is -6.43. The summed E-state index contributed by atoms with van der Waals surface area (Å²) in [6.07, 6.45) is 0. The van der Waals surface area contributed by atoms with Crippen LogP contribution in [-0.2, 0) is 0 Å². The van der Waals surface area contributed by atoms with Gasteiger partial charge in [0.2, 0.25) is 0 Å². The van der Waals surface area contributed by atoms with E-state index < -0.39 is 0 Å². The summed E-state index contributed by atoms with van der Waals surface area (Å²) in [5.74, 6) is 0.624. The number of hydrogen-bond acceptors (Lipinski definition) is 5. The summed E-state index contributed by atoms with van der Waals surface area (Å²) in [6, 6.07) is 56.7. The number of anilines is 4. The fourth-order valence-corrected chi connectivity index (χ4v) is 9.69. The van der Waals surface area contributed by atoms with Crippen LogP contribution in [0.4, 0.5) is 23.0 Å². The molecule has 0 fully saturated rings.